The summed E-state index contributed by atoms with van der Waals surface area (Å²) in [6, 6.07) is -0.144. The molecular weight excluding hydrogens is 268 g/mol. The molecule has 0 aliphatic rings. The summed E-state index contributed by atoms with van der Waals surface area (Å²) < 4.78 is 1.63. The van der Waals surface area contributed by atoms with Crippen LogP contribution in [-0.2, 0) is 0 Å². The molecule has 0 amide bonds. The van der Waals surface area contributed by atoms with Gasteiger partial charge in [-0.05, 0) is 17.5 Å². The summed E-state index contributed by atoms with van der Waals surface area (Å²) in [5.41, 5.74) is 0. The summed E-state index contributed by atoms with van der Waals surface area (Å²) in [5, 5.41) is 12.4. The Bertz CT molecular complexity index is 530. The second kappa shape index (κ2) is 5.94. The van der Waals surface area contributed by atoms with Crippen LogP contribution in [0.5, 0.6) is 0 Å². The van der Waals surface area contributed by atoms with Gasteiger partial charge >= 0.3 is 0 Å². The van der Waals surface area contributed by atoms with E-state index in [0.29, 0.717) is 11.9 Å². The quantitative estimate of drug-likeness (QED) is 0.855. The Morgan fingerprint density at radius 1 is 1.37 bits per heavy atom. The average molecular weight is 283 g/mol. The molecule has 0 aliphatic carbocycles. The smallest absolute Gasteiger partial charge is 0.241 e. The summed E-state index contributed by atoms with van der Waals surface area (Å²) in [6.45, 7) is 3.97. The number of anilines is 1. The minimum Gasteiger partial charge on any atom is -0.394 e. The highest BCUT2D eigenvalue weighted by molar-refractivity contribution is 6.28. The normalized spacial score (nSPS) is 12.7. The lowest BCUT2D eigenvalue weighted by Crippen LogP contribution is -2.30. The predicted octanol–water partition coefficient (Wildman–Crippen LogP) is 1.14. The molecule has 0 bridgehead atoms. The molecule has 0 fully saturated rings. The molecule has 0 radical (unpaired) electrons. The first-order chi connectivity index (χ1) is 9.10. The van der Waals surface area contributed by atoms with Gasteiger partial charge in [-0.15, -0.1) is 0 Å². The lowest BCUT2D eigenvalue weighted by atomic mass is 10.1. The van der Waals surface area contributed by atoms with Gasteiger partial charge in [0.05, 0.1) is 12.6 Å². The van der Waals surface area contributed by atoms with Crippen LogP contribution in [0.3, 0.4) is 0 Å². The van der Waals surface area contributed by atoms with Crippen molar-refractivity contribution in [2.24, 2.45) is 5.92 Å². The fourth-order valence-electron chi connectivity index (χ4n) is 1.49. The Labute approximate surface area is 115 Å². The number of halogens is 1. The van der Waals surface area contributed by atoms with Crippen LogP contribution < -0.4 is 5.32 Å². The maximum absolute atomic E-state index is 9.30. The first-order valence-electron chi connectivity index (χ1n) is 5.87. The maximum atomic E-state index is 9.30. The molecule has 2 heterocycles. The molecule has 0 aliphatic heterocycles. The Balaban J connectivity index is 2.27. The number of nitrogens with zero attached hydrogens (tertiary/aromatic N) is 5. The molecular formula is C11H15ClN6O. The van der Waals surface area contributed by atoms with E-state index in [1.54, 1.807) is 23.3 Å². The standard InChI is InChI=1S/C11H15ClN6O/c1-7(2)8(5-19)14-10-15-9(12)16-11(17-10)18-4-3-13-6-18/h3-4,6-8,19H,5H2,1-2H3,(H,14,15,16,17). The molecule has 2 N–H and O–H groups in total. The first-order valence-corrected chi connectivity index (χ1v) is 6.25. The van der Waals surface area contributed by atoms with E-state index in [0.717, 1.165) is 0 Å². The average Bonchev–Trinajstić information content (AvgIpc) is 2.88. The van der Waals surface area contributed by atoms with Gasteiger partial charge in [-0.1, -0.05) is 13.8 Å². The third kappa shape index (κ3) is 3.39. The topological polar surface area (TPSA) is 88.8 Å². The first kappa shape index (κ1) is 13.7. The molecule has 0 aromatic carbocycles. The Hall–Kier alpha value is -1.73. The van der Waals surface area contributed by atoms with Crippen molar-refractivity contribution in [1.82, 2.24) is 24.5 Å². The van der Waals surface area contributed by atoms with Gasteiger partial charge in [0.15, 0.2) is 0 Å². The number of hydrogen-bond donors (Lipinski definition) is 2. The van der Waals surface area contributed by atoms with E-state index >= 15 is 0 Å². The highest BCUT2D eigenvalue weighted by Crippen LogP contribution is 2.12. The van der Waals surface area contributed by atoms with E-state index in [9.17, 15) is 5.11 Å². The zero-order chi connectivity index (χ0) is 13.8. The third-order valence-corrected chi connectivity index (χ3v) is 2.82. The molecule has 1 atom stereocenters. The van der Waals surface area contributed by atoms with Crippen LogP contribution in [0.2, 0.25) is 5.28 Å². The van der Waals surface area contributed by atoms with E-state index in [-0.39, 0.29) is 23.9 Å². The van der Waals surface area contributed by atoms with Gasteiger partial charge in [0.1, 0.15) is 6.33 Å². The summed E-state index contributed by atoms with van der Waals surface area (Å²) in [4.78, 5) is 16.2. The number of aromatic nitrogens is 5. The fourth-order valence-corrected chi connectivity index (χ4v) is 1.64. The van der Waals surface area contributed by atoms with Gasteiger partial charge in [0.25, 0.3) is 0 Å². The van der Waals surface area contributed by atoms with Crippen LogP contribution in [0.1, 0.15) is 13.8 Å². The second-order valence-corrected chi connectivity index (χ2v) is 4.71. The van der Waals surface area contributed by atoms with Gasteiger partial charge in [-0.3, -0.25) is 4.57 Å². The van der Waals surface area contributed by atoms with Gasteiger partial charge in [-0.25, -0.2) is 4.98 Å². The molecule has 1 unspecified atom stereocenters. The summed E-state index contributed by atoms with van der Waals surface area (Å²) in [6.07, 6.45) is 4.90. The van der Waals surface area contributed by atoms with Crippen LogP contribution in [0.25, 0.3) is 5.95 Å². The SMILES string of the molecule is CC(C)C(CO)Nc1nc(Cl)nc(-n2ccnc2)n1. The monoisotopic (exact) mass is 282 g/mol. The van der Waals surface area contributed by atoms with Crippen molar-refractivity contribution in [1.29, 1.82) is 0 Å². The number of rotatable bonds is 5. The van der Waals surface area contributed by atoms with Crippen molar-refractivity contribution in [2.75, 3.05) is 11.9 Å². The molecule has 2 rings (SSSR count). The molecule has 8 heteroatoms. The number of aliphatic hydroxyl groups is 1. The molecule has 0 saturated carbocycles. The van der Waals surface area contributed by atoms with Crippen LogP contribution in [0, 0.1) is 5.92 Å². The van der Waals surface area contributed by atoms with Crippen molar-refractivity contribution in [2.45, 2.75) is 19.9 Å². The van der Waals surface area contributed by atoms with E-state index in [1.165, 1.54) is 0 Å². The molecule has 2 aromatic rings. The Morgan fingerprint density at radius 3 is 2.74 bits per heavy atom. The van der Waals surface area contributed by atoms with Crippen molar-refractivity contribution >= 4 is 17.5 Å². The third-order valence-electron chi connectivity index (χ3n) is 2.65. The van der Waals surface area contributed by atoms with E-state index in [1.807, 2.05) is 13.8 Å². The van der Waals surface area contributed by atoms with E-state index in [2.05, 4.69) is 25.3 Å². The molecule has 19 heavy (non-hydrogen) atoms. The molecule has 102 valence electrons. The van der Waals surface area contributed by atoms with Crippen molar-refractivity contribution in [3.05, 3.63) is 24.0 Å². The van der Waals surface area contributed by atoms with E-state index in [4.69, 9.17) is 11.6 Å². The van der Waals surface area contributed by atoms with Crippen molar-refractivity contribution in [3.8, 4) is 5.95 Å². The molecule has 0 spiro atoms. The lowest BCUT2D eigenvalue weighted by molar-refractivity contribution is 0.248. The highest BCUT2D eigenvalue weighted by Gasteiger charge is 2.15. The minimum atomic E-state index is -0.144. The van der Waals surface area contributed by atoms with Crippen LogP contribution >= 0.6 is 11.6 Å². The van der Waals surface area contributed by atoms with Gasteiger partial charge < -0.3 is 10.4 Å². The second-order valence-electron chi connectivity index (χ2n) is 4.38. The Kier molecular flexibility index (Phi) is 4.28. The molecule has 2 aromatic heterocycles. The number of nitrogens with one attached hydrogen (secondary N) is 1. The van der Waals surface area contributed by atoms with E-state index < -0.39 is 0 Å². The van der Waals surface area contributed by atoms with Crippen LogP contribution in [0.15, 0.2) is 18.7 Å². The summed E-state index contributed by atoms with van der Waals surface area (Å²) >= 11 is 5.87. The largest absolute Gasteiger partial charge is 0.394 e. The zero-order valence-electron chi connectivity index (χ0n) is 10.7. The molecule has 0 saturated heterocycles. The Morgan fingerprint density at radius 2 is 2.16 bits per heavy atom. The number of aliphatic hydroxyl groups excluding tert-OH is 1. The molecule has 7 nitrogen and oxygen atoms in total. The maximum Gasteiger partial charge on any atom is 0.241 e. The van der Waals surface area contributed by atoms with Crippen LogP contribution in [-0.4, -0.2) is 42.3 Å². The summed E-state index contributed by atoms with van der Waals surface area (Å²) in [7, 11) is 0. The van der Waals surface area contributed by atoms with Gasteiger partial charge in [-0.2, -0.15) is 15.0 Å². The van der Waals surface area contributed by atoms with Gasteiger partial charge in [0.2, 0.25) is 17.2 Å². The van der Waals surface area contributed by atoms with Crippen LogP contribution in [0.4, 0.5) is 5.95 Å². The highest BCUT2D eigenvalue weighted by atomic mass is 35.5. The predicted molar refractivity (Wildman–Crippen MR) is 71.3 cm³/mol. The zero-order valence-corrected chi connectivity index (χ0v) is 11.4. The fraction of sp³-hybridized carbons (Fsp3) is 0.455. The van der Waals surface area contributed by atoms with Gasteiger partial charge in [0, 0.05) is 12.4 Å². The van der Waals surface area contributed by atoms with Crippen molar-refractivity contribution in [3.63, 3.8) is 0 Å². The number of imidazole rings is 1. The summed E-state index contributed by atoms with van der Waals surface area (Å²) in [5.74, 6) is 0.939. The number of hydrogen-bond acceptors (Lipinski definition) is 6. The van der Waals surface area contributed by atoms with Crippen molar-refractivity contribution < 1.29 is 5.11 Å². The minimum absolute atomic E-state index is 0.0125. The lowest BCUT2D eigenvalue weighted by Gasteiger charge is -2.19.